The van der Waals surface area contributed by atoms with Crippen LogP contribution in [0.25, 0.3) is 11.1 Å². The number of nitrogens with zero attached hydrogens (tertiary/aromatic N) is 2. The number of fused-ring (bicyclic) bond motifs is 1. The smallest absolute Gasteiger partial charge is 0.264 e. The number of benzene rings is 2. The lowest BCUT2D eigenvalue weighted by Gasteiger charge is -2.30. The van der Waals surface area contributed by atoms with Gasteiger partial charge in [0.15, 0.2) is 15.9 Å². The number of halogens is 1. The monoisotopic (exact) mass is 522 g/mol. The summed E-state index contributed by atoms with van der Waals surface area (Å²) in [4.78, 5) is 19.5. The molecule has 192 valence electrons. The first-order valence-corrected chi connectivity index (χ1v) is 13.6. The van der Waals surface area contributed by atoms with Gasteiger partial charge in [0.2, 0.25) is 0 Å². The highest BCUT2D eigenvalue weighted by atomic mass is 32.2. The molecule has 37 heavy (non-hydrogen) atoms. The van der Waals surface area contributed by atoms with Crippen molar-refractivity contribution in [1.82, 2.24) is 9.88 Å². The number of hydrogen-bond donors (Lipinski definition) is 1. The van der Waals surface area contributed by atoms with Crippen molar-refractivity contribution in [3.63, 3.8) is 0 Å². The molecule has 0 radical (unpaired) electrons. The number of aliphatic hydroxyl groups is 1. The maximum absolute atomic E-state index is 13.8. The Balaban J connectivity index is 1.40. The zero-order chi connectivity index (χ0) is 26.4. The highest BCUT2D eigenvalue weighted by molar-refractivity contribution is 7.94. The Kier molecular flexibility index (Phi) is 6.37. The van der Waals surface area contributed by atoms with Gasteiger partial charge in [-0.2, -0.15) is 0 Å². The van der Waals surface area contributed by atoms with E-state index in [4.69, 9.17) is 4.74 Å². The van der Waals surface area contributed by atoms with Crippen LogP contribution in [0.4, 0.5) is 4.39 Å². The molecule has 1 N–H and O–H groups in total. The topological polar surface area (TPSA) is 96.8 Å². The van der Waals surface area contributed by atoms with E-state index in [-0.39, 0.29) is 24.0 Å². The Labute approximate surface area is 215 Å². The van der Waals surface area contributed by atoms with E-state index in [2.05, 4.69) is 4.98 Å². The quantitative estimate of drug-likeness (QED) is 0.530. The van der Waals surface area contributed by atoms with Gasteiger partial charge in [0.1, 0.15) is 17.2 Å². The summed E-state index contributed by atoms with van der Waals surface area (Å²) >= 11 is 0. The van der Waals surface area contributed by atoms with Crippen LogP contribution in [0.2, 0.25) is 0 Å². The number of sulfone groups is 1. The summed E-state index contributed by atoms with van der Waals surface area (Å²) in [5, 5.41) is 11.5. The minimum atomic E-state index is -3.41. The van der Waals surface area contributed by atoms with Gasteiger partial charge in [0.05, 0.1) is 17.5 Å². The fraction of sp³-hybridized carbons (Fsp3) is 0.286. The molecule has 2 atom stereocenters. The summed E-state index contributed by atoms with van der Waals surface area (Å²) in [5.41, 5.74) is 2.58. The predicted molar refractivity (Wildman–Crippen MR) is 137 cm³/mol. The number of aromatic nitrogens is 1. The molecule has 3 heterocycles. The number of rotatable bonds is 6. The Morgan fingerprint density at radius 3 is 2.54 bits per heavy atom. The number of hydrogen-bond acceptors (Lipinski definition) is 6. The maximum Gasteiger partial charge on any atom is 0.264 e. The van der Waals surface area contributed by atoms with E-state index in [1.807, 2.05) is 12.1 Å². The van der Waals surface area contributed by atoms with E-state index in [0.717, 1.165) is 22.1 Å². The Bertz CT molecular complexity index is 1480. The van der Waals surface area contributed by atoms with Gasteiger partial charge in [-0.1, -0.05) is 18.2 Å². The van der Waals surface area contributed by atoms with Gasteiger partial charge < -0.3 is 14.7 Å². The third kappa shape index (κ3) is 5.42. The van der Waals surface area contributed by atoms with Gasteiger partial charge in [0.25, 0.3) is 5.91 Å². The molecule has 0 aliphatic carbocycles. The summed E-state index contributed by atoms with van der Waals surface area (Å²) in [6, 6.07) is 14.6. The fourth-order valence-electron chi connectivity index (χ4n) is 4.61. The van der Waals surface area contributed by atoms with Crippen molar-refractivity contribution in [1.29, 1.82) is 0 Å². The molecule has 0 saturated heterocycles. The highest BCUT2D eigenvalue weighted by Crippen LogP contribution is 2.34. The molecule has 0 bridgehead atoms. The largest absolute Gasteiger partial charge is 0.480 e. The molecule has 0 fully saturated rings. The van der Waals surface area contributed by atoms with Crippen LogP contribution in [0.5, 0.6) is 5.75 Å². The molecule has 9 heteroatoms. The van der Waals surface area contributed by atoms with Gasteiger partial charge >= 0.3 is 0 Å². The van der Waals surface area contributed by atoms with Crippen LogP contribution in [-0.2, 0) is 33.2 Å². The summed E-state index contributed by atoms with van der Waals surface area (Å²) in [6.07, 6.45) is 2.60. The van der Waals surface area contributed by atoms with Crippen LogP contribution in [-0.4, -0.2) is 47.2 Å². The molecule has 2 aromatic carbocycles. The summed E-state index contributed by atoms with van der Waals surface area (Å²) in [5.74, 6) is -0.248. The zero-order valence-electron chi connectivity index (χ0n) is 20.5. The van der Waals surface area contributed by atoms with E-state index < -0.39 is 27.6 Å². The Morgan fingerprint density at radius 1 is 1.14 bits per heavy atom. The second-order valence-electron chi connectivity index (χ2n) is 9.94. The number of carbonyl (C=O) groups excluding carboxylic acids is 1. The summed E-state index contributed by atoms with van der Waals surface area (Å²) < 4.78 is 43.7. The molecular weight excluding hydrogens is 495 g/mol. The van der Waals surface area contributed by atoms with Gasteiger partial charge in [-0.25, -0.2) is 12.8 Å². The van der Waals surface area contributed by atoms with Crippen molar-refractivity contribution in [3.8, 4) is 16.9 Å². The SMILES string of the molecule is CC(C)(O)c1cc(CN(C(=O)C2Cc3cc(-c4ccc(F)cc4)ccc3O2)C2C=CS(=O)(=O)C2)ccn1. The average molecular weight is 523 g/mol. The average Bonchev–Trinajstić information content (AvgIpc) is 3.44. The lowest BCUT2D eigenvalue weighted by molar-refractivity contribution is -0.139. The van der Waals surface area contributed by atoms with Crippen molar-refractivity contribution < 1.29 is 27.4 Å². The minimum absolute atomic E-state index is 0.131. The van der Waals surface area contributed by atoms with E-state index in [0.29, 0.717) is 23.4 Å². The second kappa shape index (κ2) is 9.39. The molecule has 0 saturated carbocycles. The van der Waals surface area contributed by atoms with E-state index >= 15 is 0 Å². The minimum Gasteiger partial charge on any atom is -0.480 e. The maximum atomic E-state index is 13.8. The highest BCUT2D eigenvalue weighted by Gasteiger charge is 2.38. The molecular formula is C28H27FN2O5S. The normalized spacial score (nSPS) is 19.9. The van der Waals surface area contributed by atoms with Crippen molar-refractivity contribution >= 4 is 15.7 Å². The van der Waals surface area contributed by atoms with Crippen molar-refractivity contribution in [2.75, 3.05) is 5.75 Å². The van der Waals surface area contributed by atoms with Gasteiger partial charge in [-0.3, -0.25) is 9.78 Å². The third-order valence-corrected chi connectivity index (χ3v) is 7.96. The van der Waals surface area contributed by atoms with Crippen LogP contribution in [0.3, 0.4) is 0 Å². The van der Waals surface area contributed by atoms with Crippen LogP contribution >= 0.6 is 0 Å². The molecule has 5 rings (SSSR count). The number of pyridine rings is 1. The van der Waals surface area contributed by atoms with Crippen molar-refractivity contribution in [2.24, 2.45) is 0 Å². The predicted octanol–water partition coefficient (Wildman–Crippen LogP) is 3.76. The lowest BCUT2D eigenvalue weighted by atomic mass is 10.0. The molecule has 7 nitrogen and oxygen atoms in total. The number of ether oxygens (including phenoxy) is 1. The second-order valence-corrected chi connectivity index (χ2v) is 11.9. The van der Waals surface area contributed by atoms with E-state index in [9.17, 15) is 22.7 Å². The van der Waals surface area contributed by atoms with Crippen molar-refractivity contribution in [2.45, 2.75) is 44.6 Å². The summed E-state index contributed by atoms with van der Waals surface area (Å²) in [6.45, 7) is 3.38. The molecule has 3 aromatic rings. The molecule has 2 aliphatic heterocycles. The van der Waals surface area contributed by atoms with Crippen LogP contribution in [0.15, 0.2) is 72.3 Å². The van der Waals surface area contributed by atoms with E-state index in [1.54, 1.807) is 50.4 Å². The molecule has 2 aliphatic rings. The first-order chi connectivity index (χ1) is 17.5. The standard InChI is InChI=1S/C28H27FN2O5S/c1-28(2,33)26-13-18(9-11-30-26)16-31(23-10-12-37(34,35)17-23)27(32)25-15-21-14-20(5-8-24(21)36-25)19-3-6-22(29)7-4-19/h3-14,23,25,33H,15-17H2,1-2H3. The van der Waals surface area contributed by atoms with Gasteiger partial charge in [0, 0.05) is 24.6 Å². The molecule has 0 spiro atoms. The third-order valence-electron chi connectivity index (χ3n) is 6.59. The fourth-order valence-corrected chi connectivity index (χ4v) is 5.91. The Hall–Kier alpha value is -3.56. The molecule has 1 amide bonds. The zero-order valence-corrected chi connectivity index (χ0v) is 21.3. The molecule has 2 unspecified atom stereocenters. The van der Waals surface area contributed by atoms with E-state index in [1.165, 1.54) is 23.1 Å². The first-order valence-electron chi connectivity index (χ1n) is 11.9. The van der Waals surface area contributed by atoms with Crippen LogP contribution in [0.1, 0.15) is 30.7 Å². The van der Waals surface area contributed by atoms with Crippen LogP contribution in [0, 0.1) is 5.82 Å². The van der Waals surface area contributed by atoms with Gasteiger partial charge in [-0.15, -0.1) is 0 Å². The summed E-state index contributed by atoms with van der Waals surface area (Å²) in [7, 11) is -3.41. The first kappa shape index (κ1) is 25.1. The van der Waals surface area contributed by atoms with Crippen LogP contribution < -0.4 is 4.74 Å². The number of carbonyl (C=O) groups is 1. The molecule has 1 aromatic heterocycles. The number of amides is 1. The Morgan fingerprint density at radius 2 is 1.86 bits per heavy atom. The van der Waals surface area contributed by atoms with Crippen molar-refractivity contribution in [3.05, 3.63) is 94.9 Å². The van der Waals surface area contributed by atoms with Gasteiger partial charge in [-0.05, 0) is 78.6 Å². The lowest BCUT2D eigenvalue weighted by Crippen LogP contribution is -2.47.